The molecule has 0 unspecified atom stereocenters. The number of hydrogen-bond donors (Lipinski definition) is 2. The van der Waals surface area contributed by atoms with Gasteiger partial charge in [0.1, 0.15) is 0 Å². The summed E-state index contributed by atoms with van der Waals surface area (Å²) in [7, 11) is 0. The number of aromatic carboxylic acids is 1. The predicted molar refractivity (Wildman–Crippen MR) is 109 cm³/mol. The molecule has 2 aromatic carbocycles. The van der Waals surface area contributed by atoms with E-state index in [4.69, 9.17) is 16.7 Å². The van der Waals surface area contributed by atoms with Crippen LogP contribution in [0.5, 0.6) is 0 Å². The number of hydrazone groups is 1. The average Bonchev–Trinajstić information content (AvgIpc) is 2.95. The van der Waals surface area contributed by atoms with Crippen LogP contribution >= 0.6 is 11.6 Å². The minimum absolute atomic E-state index is 0.0540. The third-order valence-corrected chi connectivity index (χ3v) is 4.63. The molecule has 1 heterocycles. The highest BCUT2D eigenvalue weighted by molar-refractivity contribution is 6.33. The second-order valence-corrected chi connectivity index (χ2v) is 6.60. The van der Waals surface area contributed by atoms with Crippen LogP contribution in [0.4, 0.5) is 0 Å². The quantitative estimate of drug-likeness (QED) is 0.501. The van der Waals surface area contributed by atoms with Crippen molar-refractivity contribution in [2.75, 3.05) is 0 Å². The van der Waals surface area contributed by atoms with E-state index in [1.165, 1.54) is 6.07 Å². The summed E-state index contributed by atoms with van der Waals surface area (Å²) in [5, 5.41) is 13.3. The van der Waals surface area contributed by atoms with Crippen molar-refractivity contribution in [3.05, 3.63) is 87.7 Å². The lowest BCUT2D eigenvalue weighted by Crippen LogP contribution is -2.17. The lowest BCUT2D eigenvalue weighted by atomic mass is 10.2. The number of nitrogens with one attached hydrogen (secondary N) is 1. The van der Waals surface area contributed by atoms with Gasteiger partial charge in [0, 0.05) is 28.2 Å². The molecule has 0 saturated heterocycles. The SMILES string of the molecule is Cc1cc(/C=N\NC(=O)c2ccccc2)c(C)n1-c1ccc(C(=O)O)c(Cl)c1. The van der Waals surface area contributed by atoms with Gasteiger partial charge >= 0.3 is 5.97 Å². The Labute approximate surface area is 167 Å². The van der Waals surface area contributed by atoms with Crippen LogP contribution in [-0.2, 0) is 0 Å². The Bertz CT molecular complexity index is 1070. The fraction of sp³-hybridized carbons (Fsp3) is 0.0952. The molecule has 3 rings (SSSR count). The first kappa shape index (κ1) is 19.4. The number of halogens is 1. The summed E-state index contributed by atoms with van der Waals surface area (Å²) in [6.45, 7) is 3.83. The minimum Gasteiger partial charge on any atom is -0.478 e. The van der Waals surface area contributed by atoms with Crippen LogP contribution in [0.1, 0.15) is 37.7 Å². The van der Waals surface area contributed by atoms with Crippen LogP contribution in [0, 0.1) is 13.8 Å². The molecular formula is C21H18ClN3O3. The molecule has 0 bridgehead atoms. The Balaban J connectivity index is 1.83. The van der Waals surface area contributed by atoms with Crippen LogP contribution in [0.3, 0.4) is 0 Å². The summed E-state index contributed by atoms with van der Waals surface area (Å²) in [6.07, 6.45) is 1.58. The smallest absolute Gasteiger partial charge is 0.337 e. The Morgan fingerprint density at radius 1 is 1.11 bits per heavy atom. The molecule has 0 radical (unpaired) electrons. The topological polar surface area (TPSA) is 83.7 Å². The van der Waals surface area contributed by atoms with Gasteiger partial charge in [-0.25, -0.2) is 10.2 Å². The van der Waals surface area contributed by atoms with E-state index in [2.05, 4.69) is 10.5 Å². The number of amides is 1. The summed E-state index contributed by atoms with van der Waals surface area (Å²) in [6, 6.07) is 15.5. The Kier molecular flexibility index (Phi) is 5.61. The second-order valence-electron chi connectivity index (χ2n) is 6.20. The molecule has 1 amide bonds. The number of aryl methyl sites for hydroxylation is 1. The number of carboxylic acids is 1. The number of carboxylic acid groups (broad SMARTS) is 1. The summed E-state index contributed by atoms with van der Waals surface area (Å²) in [4.78, 5) is 23.2. The van der Waals surface area contributed by atoms with Gasteiger partial charge in [-0.15, -0.1) is 0 Å². The molecule has 0 aliphatic carbocycles. The van der Waals surface area contributed by atoms with E-state index >= 15 is 0 Å². The lowest BCUT2D eigenvalue weighted by Gasteiger charge is -2.11. The molecule has 0 aliphatic heterocycles. The van der Waals surface area contributed by atoms with E-state index in [1.807, 2.05) is 30.5 Å². The maximum absolute atomic E-state index is 12.0. The van der Waals surface area contributed by atoms with Crippen LogP contribution in [0.2, 0.25) is 5.02 Å². The molecule has 7 heteroatoms. The van der Waals surface area contributed by atoms with Crippen molar-refractivity contribution >= 4 is 29.7 Å². The first-order chi connectivity index (χ1) is 13.4. The van der Waals surface area contributed by atoms with Crippen molar-refractivity contribution in [2.24, 2.45) is 5.10 Å². The molecule has 0 fully saturated rings. The molecule has 3 aromatic rings. The third-order valence-electron chi connectivity index (χ3n) is 4.32. The van der Waals surface area contributed by atoms with E-state index in [1.54, 1.807) is 42.6 Å². The minimum atomic E-state index is -1.07. The van der Waals surface area contributed by atoms with Crippen molar-refractivity contribution in [2.45, 2.75) is 13.8 Å². The van der Waals surface area contributed by atoms with E-state index in [9.17, 15) is 9.59 Å². The van der Waals surface area contributed by atoms with Gasteiger partial charge in [-0.2, -0.15) is 5.10 Å². The van der Waals surface area contributed by atoms with Crippen molar-refractivity contribution in [1.82, 2.24) is 9.99 Å². The molecular weight excluding hydrogens is 378 g/mol. The lowest BCUT2D eigenvalue weighted by molar-refractivity contribution is 0.0697. The molecule has 0 saturated carbocycles. The molecule has 0 aliphatic rings. The standard InChI is InChI=1S/C21H18ClN3O3/c1-13-10-16(12-23-24-20(26)15-6-4-3-5-7-15)14(2)25(13)17-8-9-18(21(27)28)19(22)11-17/h3-12H,1-2H3,(H,24,26)(H,27,28)/b23-12-. The number of benzene rings is 2. The summed E-state index contributed by atoms with van der Waals surface area (Å²) in [5.74, 6) is -1.36. The Morgan fingerprint density at radius 3 is 2.46 bits per heavy atom. The zero-order valence-electron chi connectivity index (χ0n) is 15.3. The number of nitrogens with zero attached hydrogens (tertiary/aromatic N) is 2. The third kappa shape index (κ3) is 3.97. The zero-order valence-corrected chi connectivity index (χ0v) is 16.1. The van der Waals surface area contributed by atoms with Gasteiger partial charge < -0.3 is 9.67 Å². The monoisotopic (exact) mass is 395 g/mol. The van der Waals surface area contributed by atoms with Crippen molar-refractivity contribution in [3.8, 4) is 5.69 Å². The van der Waals surface area contributed by atoms with E-state index < -0.39 is 5.97 Å². The van der Waals surface area contributed by atoms with E-state index in [0.29, 0.717) is 5.56 Å². The molecule has 0 atom stereocenters. The fourth-order valence-electron chi connectivity index (χ4n) is 2.95. The van der Waals surface area contributed by atoms with Gasteiger partial charge in [0.15, 0.2) is 0 Å². The summed E-state index contributed by atoms with van der Waals surface area (Å²) < 4.78 is 1.94. The maximum Gasteiger partial charge on any atom is 0.337 e. The van der Waals surface area contributed by atoms with Crippen LogP contribution in [-0.4, -0.2) is 27.8 Å². The number of aromatic nitrogens is 1. The molecule has 28 heavy (non-hydrogen) atoms. The summed E-state index contributed by atoms with van der Waals surface area (Å²) in [5.41, 5.74) is 6.47. The Hall–Kier alpha value is -3.38. The van der Waals surface area contributed by atoms with Gasteiger partial charge in [-0.3, -0.25) is 4.79 Å². The highest BCUT2D eigenvalue weighted by Gasteiger charge is 2.13. The van der Waals surface area contributed by atoms with Crippen molar-refractivity contribution < 1.29 is 14.7 Å². The molecule has 0 spiro atoms. The molecule has 6 nitrogen and oxygen atoms in total. The number of carbonyl (C=O) groups is 2. The second kappa shape index (κ2) is 8.10. The highest BCUT2D eigenvalue weighted by Crippen LogP contribution is 2.24. The van der Waals surface area contributed by atoms with E-state index in [0.717, 1.165) is 22.6 Å². The first-order valence-corrected chi connectivity index (χ1v) is 8.87. The highest BCUT2D eigenvalue weighted by atomic mass is 35.5. The van der Waals surface area contributed by atoms with Gasteiger partial charge in [0.25, 0.3) is 5.91 Å². The molecule has 2 N–H and O–H groups in total. The van der Waals surface area contributed by atoms with Gasteiger partial charge in [-0.05, 0) is 50.2 Å². The van der Waals surface area contributed by atoms with E-state index in [-0.39, 0.29) is 16.5 Å². The van der Waals surface area contributed by atoms with Crippen LogP contribution < -0.4 is 5.43 Å². The number of hydrogen-bond acceptors (Lipinski definition) is 3. The largest absolute Gasteiger partial charge is 0.478 e. The van der Waals surface area contributed by atoms with Crippen molar-refractivity contribution in [1.29, 1.82) is 0 Å². The maximum atomic E-state index is 12.0. The summed E-state index contributed by atoms with van der Waals surface area (Å²) >= 11 is 6.09. The normalized spacial score (nSPS) is 11.0. The number of rotatable bonds is 5. The van der Waals surface area contributed by atoms with Crippen molar-refractivity contribution in [3.63, 3.8) is 0 Å². The zero-order chi connectivity index (χ0) is 20.3. The fourth-order valence-corrected chi connectivity index (χ4v) is 3.20. The Morgan fingerprint density at radius 2 is 1.82 bits per heavy atom. The molecule has 142 valence electrons. The first-order valence-electron chi connectivity index (χ1n) is 8.49. The van der Waals surface area contributed by atoms with Gasteiger partial charge in [0.05, 0.1) is 16.8 Å². The van der Waals surface area contributed by atoms with Gasteiger partial charge in [0.2, 0.25) is 0 Å². The number of carbonyl (C=O) groups excluding carboxylic acids is 1. The van der Waals surface area contributed by atoms with Crippen LogP contribution in [0.25, 0.3) is 5.69 Å². The average molecular weight is 396 g/mol. The van der Waals surface area contributed by atoms with Gasteiger partial charge in [-0.1, -0.05) is 29.8 Å². The predicted octanol–water partition coefficient (Wildman–Crippen LogP) is 4.21. The van der Waals surface area contributed by atoms with Crippen LogP contribution in [0.15, 0.2) is 59.7 Å². The molecule has 1 aromatic heterocycles.